The molecule has 3 N–H and O–H groups in total. The molecule has 1 aromatic carbocycles. The smallest absolute Gasteiger partial charge is 0.134 e. The lowest BCUT2D eigenvalue weighted by atomic mass is 10.2. The van der Waals surface area contributed by atoms with Crippen LogP contribution in [0.2, 0.25) is 0 Å². The predicted molar refractivity (Wildman–Crippen MR) is 80.4 cm³/mol. The van der Waals surface area contributed by atoms with Gasteiger partial charge in [0.15, 0.2) is 0 Å². The van der Waals surface area contributed by atoms with E-state index in [-0.39, 0.29) is 36.7 Å². The van der Waals surface area contributed by atoms with Crippen LogP contribution in [0.1, 0.15) is 12.7 Å². The summed E-state index contributed by atoms with van der Waals surface area (Å²) >= 11 is 0. The lowest BCUT2D eigenvalue weighted by Crippen LogP contribution is -3.00. The molecule has 0 bridgehead atoms. The number of aliphatic hydroxyl groups excluding tert-OH is 1. The minimum Gasteiger partial charge on any atom is -1.00 e. The van der Waals surface area contributed by atoms with Gasteiger partial charge in [-0.3, -0.25) is 0 Å². The van der Waals surface area contributed by atoms with E-state index in [1.54, 1.807) is 19.1 Å². The van der Waals surface area contributed by atoms with Crippen LogP contribution in [0.3, 0.4) is 0 Å². The maximum Gasteiger partial charge on any atom is 0.134 e. The first-order valence-electron chi connectivity index (χ1n) is 7.09. The number of rotatable bonds is 8. The average Bonchev–Trinajstić information content (AvgIpc) is 2.92. The molecule has 0 spiro atoms. The summed E-state index contributed by atoms with van der Waals surface area (Å²) in [6.07, 6.45) is -0.326. The zero-order valence-corrected chi connectivity index (χ0v) is 14.4. The molecule has 1 atom stereocenters. The summed E-state index contributed by atoms with van der Waals surface area (Å²) in [6.45, 7) is 4.56. The van der Waals surface area contributed by atoms with Gasteiger partial charge in [0.1, 0.15) is 17.3 Å². The van der Waals surface area contributed by atoms with Crippen molar-refractivity contribution in [1.29, 1.82) is 0 Å². The summed E-state index contributed by atoms with van der Waals surface area (Å²) in [5, 5.41) is 15.5. The largest absolute Gasteiger partial charge is 1.00 e. The summed E-state index contributed by atoms with van der Waals surface area (Å²) in [4.78, 5) is 0. The summed E-state index contributed by atoms with van der Waals surface area (Å²) < 4.78 is 18.6. The summed E-state index contributed by atoms with van der Waals surface area (Å²) in [6, 6.07) is 10.0. The summed E-state index contributed by atoms with van der Waals surface area (Å²) in [5.74, 6) is 1.32. The lowest BCUT2D eigenvalue weighted by Gasteiger charge is -2.07. The van der Waals surface area contributed by atoms with Gasteiger partial charge in [0.05, 0.1) is 12.6 Å². The van der Waals surface area contributed by atoms with E-state index in [9.17, 15) is 4.39 Å². The third-order valence-electron chi connectivity index (χ3n) is 3.01. The van der Waals surface area contributed by atoms with E-state index >= 15 is 0 Å². The highest BCUT2D eigenvalue weighted by Crippen LogP contribution is 2.22. The number of hydrogen-bond donors (Lipinski definition) is 3. The fourth-order valence-electron chi connectivity index (χ4n) is 1.94. The average molecular weight is 363 g/mol. The van der Waals surface area contributed by atoms with Crippen molar-refractivity contribution >= 4 is 0 Å². The summed E-state index contributed by atoms with van der Waals surface area (Å²) in [7, 11) is 0. The Labute approximate surface area is 148 Å². The van der Waals surface area contributed by atoms with E-state index in [1.165, 1.54) is 12.1 Å². The van der Waals surface area contributed by atoms with Crippen LogP contribution in [0.15, 0.2) is 40.8 Å². The van der Waals surface area contributed by atoms with Crippen molar-refractivity contribution in [3.8, 4) is 11.3 Å². The van der Waals surface area contributed by atoms with Crippen molar-refractivity contribution in [2.45, 2.75) is 19.6 Å². The van der Waals surface area contributed by atoms with E-state index in [4.69, 9.17) is 9.52 Å². The molecule has 7 heteroatoms. The molecule has 4 nitrogen and oxygen atoms in total. The molecule has 2 aromatic rings. The Morgan fingerprint density at radius 2 is 1.70 bits per heavy atom. The Balaban J connectivity index is 0.00000242. The molecule has 0 saturated carbocycles. The fraction of sp³-hybridized carbons (Fsp3) is 0.375. The number of benzene rings is 1. The van der Waals surface area contributed by atoms with Crippen LogP contribution in [0.5, 0.6) is 0 Å². The molecular formula is C16H21Cl2FN2O2-2. The molecule has 1 unspecified atom stereocenters. The highest BCUT2D eigenvalue weighted by Gasteiger charge is 2.04. The minimum absolute atomic E-state index is 0. The van der Waals surface area contributed by atoms with Crippen molar-refractivity contribution in [3.05, 3.63) is 48.0 Å². The predicted octanol–water partition coefficient (Wildman–Crippen LogP) is -3.85. The van der Waals surface area contributed by atoms with Gasteiger partial charge in [-0.05, 0) is 43.3 Å². The van der Waals surface area contributed by atoms with Gasteiger partial charge in [0.25, 0.3) is 0 Å². The number of furan rings is 1. The minimum atomic E-state index is -0.326. The maximum absolute atomic E-state index is 12.9. The second-order valence-corrected chi connectivity index (χ2v) is 5.00. The quantitative estimate of drug-likeness (QED) is 0.421. The van der Waals surface area contributed by atoms with Gasteiger partial charge in [-0.25, -0.2) is 4.39 Å². The lowest BCUT2D eigenvalue weighted by molar-refractivity contribution is -0.001000. The molecule has 0 amide bonds. The van der Waals surface area contributed by atoms with E-state index in [0.717, 1.165) is 30.2 Å². The molecule has 1 aromatic heterocycles. The number of nitrogens with one attached hydrogen (secondary N) is 2. The first-order chi connectivity index (χ1) is 10.1. The molecule has 0 aliphatic rings. The highest BCUT2D eigenvalue weighted by molar-refractivity contribution is 5.57. The van der Waals surface area contributed by atoms with Crippen molar-refractivity contribution in [2.75, 3.05) is 19.6 Å². The van der Waals surface area contributed by atoms with Crippen LogP contribution < -0.4 is 35.4 Å². The second kappa shape index (κ2) is 11.4. The van der Waals surface area contributed by atoms with Gasteiger partial charge < -0.3 is 45.0 Å². The molecule has 2 rings (SSSR count). The van der Waals surface area contributed by atoms with Gasteiger partial charge >= 0.3 is 0 Å². The van der Waals surface area contributed by atoms with Crippen molar-refractivity contribution < 1.29 is 38.7 Å². The topological polar surface area (TPSA) is 57.4 Å². The Morgan fingerprint density at radius 3 is 2.35 bits per heavy atom. The molecular weight excluding hydrogens is 342 g/mol. The molecule has 0 fully saturated rings. The van der Waals surface area contributed by atoms with Crippen LogP contribution in [-0.2, 0) is 6.54 Å². The monoisotopic (exact) mass is 362 g/mol. The second-order valence-electron chi connectivity index (χ2n) is 5.00. The number of hydrogen-bond acceptors (Lipinski definition) is 4. The number of halogens is 3. The van der Waals surface area contributed by atoms with Crippen LogP contribution in [-0.4, -0.2) is 30.8 Å². The van der Waals surface area contributed by atoms with Gasteiger partial charge in [-0.15, -0.1) is 0 Å². The normalized spacial score (nSPS) is 11.4. The first-order valence-corrected chi connectivity index (χ1v) is 7.09. The van der Waals surface area contributed by atoms with E-state index in [0.29, 0.717) is 13.1 Å². The van der Waals surface area contributed by atoms with E-state index < -0.39 is 0 Å². The standard InChI is InChI=1S/C16H21FN2O2.2ClH/c1-12(20)10-18-8-9-19-11-15-6-7-16(21-15)13-2-4-14(17)5-3-13;;/h2-7,12,18-20H,8-11H2,1H3;2*1H/p-2. The molecule has 1 heterocycles. The highest BCUT2D eigenvalue weighted by atomic mass is 35.5. The Kier molecular flexibility index (Phi) is 10.9. The number of aliphatic hydroxyl groups is 1. The van der Waals surface area contributed by atoms with E-state index in [1.807, 2.05) is 12.1 Å². The van der Waals surface area contributed by atoms with Crippen LogP contribution in [0.25, 0.3) is 11.3 Å². The van der Waals surface area contributed by atoms with Crippen LogP contribution in [0.4, 0.5) is 4.39 Å². The molecule has 0 radical (unpaired) electrons. The van der Waals surface area contributed by atoms with Gasteiger partial charge in [0.2, 0.25) is 0 Å². The molecule has 130 valence electrons. The van der Waals surface area contributed by atoms with Crippen LogP contribution >= 0.6 is 0 Å². The molecule has 0 saturated heterocycles. The Bertz CT molecular complexity index is 547. The van der Waals surface area contributed by atoms with Crippen LogP contribution in [0, 0.1) is 5.82 Å². The van der Waals surface area contributed by atoms with Gasteiger partial charge in [-0.1, -0.05) is 0 Å². The summed E-state index contributed by atoms with van der Waals surface area (Å²) in [5.41, 5.74) is 0.862. The fourth-order valence-corrected chi connectivity index (χ4v) is 1.94. The Morgan fingerprint density at radius 1 is 1.04 bits per heavy atom. The molecule has 0 aliphatic heterocycles. The van der Waals surface area contributed by atoms with Crippen molar-refractivity contribution in [2.24, 2.45) is 0 Å². The molecule has 0 aliphatic carbocycles. The van der Waals surface area contributed by atoms with Crippen molar-refractivity contribution in [3.63, 3.8) is 0 Å². The molecule has 23 heavy (non-hydrogen) atoms. The Hall–Kier alpha value is -1.11. The van der Waals surface area contributed by atoms with Gasteiger partial charge in [-0.2, -0.15) is 0 Å². The first kappa shape index (κ1) is 21.9. The van der Waals surface area contributed by atoms with Gasteiger partial charge in [0, 0.05) is 25.2 Å². The van der Waals surface area contributed by atoms with E-state index in [2.05, 4.69) is 10.6 Å². The third-order valence-corrected chi connectivity index (χ3v) is 3.01. The zero-order chi connectivity index (χ0) is 15.1. The SMILES string of the molecule is CC(O)CNCCNCc1ccc(-c2ccc(F)cc2)o1.[Cl-].[Cl-]. The zero-order valence-electron chi connectivity index (χ0n) is 12.9. The maximum atomic E-state index is 12.9. The third kappa shape index (κ3) is 7.81. The van der Waals surface area contributed by atoms with Crippen molar-refractivity contribution in [1.82, 2.24) is 10.6 Å².